The Kier molecular flexibility index (Phi) is 4.25. The highest BCUT2D eigenvalue weighted by atomic mass is 28.3. The van der Waals surface area contributed by atoms with Gasteiger partial charge in [-0.15, -0.1) is 5.54 Å². The number of amides is 1. The summed E-state index contributed by atoms with van der Waals surface area (Å²) in [4.78, 5) is 35.2. The molecule has 0 aliphatic rings. The number of nitrogens with two attached hydrogens (primary N) is 1. The first kappa shape index (κ1) is 15.8. The van der Waals surface area contributed by atoms with E-state index in [2.05, 4.69) is 16.8 Å². The Morgan fingerprint density at radius 1 is 1.20 bits per heavy atom. The zero-order chi connectivity index (χ0) is 15.7. The molecule has 1 aromatic heterocycles. The zero-order valence-electron chi connectivity index (χ0n) is 12.2. The summed E-state index contributed by atoms with van der Waals surface area (Å²) < 4.78 is 1.96. The van der Waals surface area contributed by atoms with Gasteiger partial charge < -0.3 is 11.1 Å². The quantitative estimate of drug-likeness (QED) is 0.538. The van der Waals surface area contributed by atoms with Gasteiger partial charge in [0.25, 0.3) is 11.5 Å². The van der Waals surface area contributed by atoms with Crippen molar-refractivity contribution in [2.45, 2.75) is 19.6 Å². The Balaban J connectivity index is 3.24. The summed E-state index contributed by atoms with van der Waals surface area (Å²) in [7, 11) is 1.04. The largest absolute Gasteiger partial charge is 0.383 e. The molecule has 7 nitrogen and oxygen atoms in total. The second kappa shape index (κ2) is 5.38. The first-order chi connectivity index (χ1) is 9.04. The molecule has 108 valence electrons. The average molecular weight is 294 g/mol. The van der Waals surface area contributed by atoms with E-state index in [9.17, 15) is 14.4 Å². The Morgan fingerprint density at radius 3 is 2.25 bits per heavy atom. The van der Waals surface area contributed by atoms with Crippen LogP contribution in [-0.2, 0) is 18.9 Å². The molecule has 0 atom stereocenters. The van der Waals surface area contributed by atoms with E-state index in [0.717, 1.165) is 9.13 Å². The molecule has 0 saturated carbocycles. The second-order valence-corrected chi connectivity index (χ2v) is 10.2. The fourth-order valence-corrected chi connectivity index (χ4v) is 1.85. The number of hydrogen-bond acceptors (Lipinski definition) is 4. The third-order valence-electron chi connectivity index (χ3n) is 2.50. The van der Waals surface area contributed by atoms with E-state index in [-0.39, 0.29) is 11.5 Å². The lowest BCUT2D eigenvalue weighted by atomic mass is 10.4. The van der Waals surface area contributed by atoms with Crippen LogP contribution in [0.3, 0.4) is 0 Å². The minimum Gasteiger partial charge on any atom is -0.383 e. The van der Waals surface area contributed by atoms with Crippen LogP contribution < -0.4 is 22.3 Å². The van der Waals surface area contributed by atoms with E-state index >= 15 is 0 Å². The van der Waals surface area contributed by atoms with Gasteiger partial charge in [-0.05, 0) is 5.92 Å². The number of nitrogens with one attached hydrogen (secondary N) is 1. The molecule has 0 radical (unpaired) electrons. The summed E-state index contributed by atoms with van der Waals surface area (Å²) >= 11 is 0. The van der Waals surface area contributed by atoms with Gasteiger partial charge in [0.15, 0.2) is 0 Å². The lowest BCUT2D eigenvalue weighted by Crippen LogP contribution is -2.40. The molecule has 0 fully saturated rings. The molecule has 1 aromatic rings. The van der Waals surface area contributed by atoms with Crippen molar-refractivity contribution in [3.8, 4) is 11.5 Å². The van der Waals surface area contributed by atoms with Crippen molar-refractivity contribution in [1.29, 1.82) is 0 Å². The molecule has 1 heterocycles. The number of carbonyl (C=O) groups is 1. The van der Waals surface area contributed by atoms with Gasteiger partial charge in [0.05, 0.1) is 0 Å². The number of rotatable bonds is 1. The van der Waals surface area contributed by atoms with Crippen LogP contribution in [0.5, 0.6) is 0 Å². The van der Waals surface area contributed by atoms with Crippen molar-refractivity contribution in [2.75, 3.05) is 11.1 Å². The Hall–Kier alpha value is -2.27. The fourth-order valence-electron chi connectivity index (χ4n) is 1.37. The van der Waals surface area contributed by atoms with Crippen LogP contribution in [0.25, 0.3) is 0 Å². The zero-order valence-corrected chi connectivity index (χ0v) is 13.2. The fraction of sp³-hybridized carbons (Fsp3) is 0.417. The number of aromatic nitrogens is 2. The van der Waals surface area contributed by atoms with Crippen LogP contribution in [-0.4, -0.2) is 23.1 Å². The van der Waals surface area contributed by atoms with Crippen molar-refractivity contribution in [3.63, 3.8) is 0 Å². The van der Waals surface area contributed by atoms with E-state index in [0.29, 0.717) is 0 Å². The number of nitrogen functional groups attached to an aromatic ring is 1. The molecule has 3 N–H and O–H groups in total. The lowest BCUT2D eigenvalue weighted by molar-refractivity contribution is -0.111. The first-order valence-corrected chi connectivity index (χ1v) is 9.44. The highest BCUT2D eigenvalue weighted by Crippen LogP contribution is 2.08. The number of hydrogen-bond donors (Lipinski definition) is 2. The average Bonchev–Trinajstić information content (AvgIpc) is 2.36. The molecule has 8 heteroatoms. The molecule has 0 saturated heterocycles. The van der Waals surface area contributed by atoms with E-state index in [1.54, 1.807) is 0 Å². The standard InChI is InChI=1S/C12H18N4O3Si/c1-15-10(13)9(11(18)16(2)12(15)19)14-8(17)6-7-20(3,4)5/h13H2,1-5H3,(H,14,17). The Labute approximate surface area is 117 Å². The maximum Gasteiger partial charge on any atom is 0.332 e. The Morgan fingerprint density at radius 2 is 1.75 bits per heavy atom. The van der Waals surface area contributed by atoms with Crippen molar-refractivity contribution >= 4 is 25.5 Å². The first-order valence-electron chi connectivity index (χ1n) is 5.94. The molecule has 0 aromatic carbocycles. The maximum absolute atomic E-state index is 11.9. The minimum atomic E-state index is -1.69. The van der Waals surface area contributed by atoms with E-state index in [1.165, 1.54) is 14.1 Å². The molecule has 0 spiro atoms. The third-order valence-corrected chi connectivity index (χ3v) is 3.37. The van der Waals surface area contributed by atoms with Gasteiger partial charge >= 0.3 is 5.69 Å². The molecule has 0 bridgehead atoms. The summed E-state index contributed by atoms with van der Waals surface area (Å²) in [5, 5.41) is 2.35. The smallest absolute Gasteiger partial charge is 0.332 e. The van der Waals surface area contributed by atoms with Gasteiger partial charge in [-0.25, -0.2) is 4.79 Å². The summed E-state index contributed by atoms with van der Waals surface area (Å²) in [5.74, 6) is 1.74. The van der Waals surface area contributed by atoms with Gasteiger partial charge in [-0.3, -0.25) is 18.7 Å². The molecule has 0 unspecified atom stereocenters. The lowest BCUT2D eigenvalue weighted by Gasteiger charge is -2.11. The van der Waals surface area contributed by atoms with E-state index in [1.807, 2.05) is 19.6 Å². The summed E-state index contributed by atoms with van der Waals surface area (Å²) in [6.07, 6.45) is 0. The van der Waals surface area contributed by atoms with E-state index < -0.39 is 25.2 Å². The van der Waals surface area contributed by atoms with Gasteiger partial charge in [-0.1, -0.05) is 19.6 Å². The van der Waals surface area contributed by atoms with Gasteiger partial charge in [0.1, 0.15) is 19.6 Å². The van der Waals surface area contributed by atoms with Crippen LogP contribution in [0.4, 0.5) is 11.5 Å². The van der Waals surface area contributed by atoms with Crippen molar-refractivity contribution in [3.05, 3.63) is 20.8 Å². The van der Waals surface area contributed by atoms with Crippen LogP contribution in [0.1, 0.15) is 0 Å². The molecule has 20 heavy (non-hydrogen) atoms. The van der Waals surface area contributed by atoms with Gasteiger partial charge in [0, 0.05) is 14.1 Å². The summed E-state index contributed by atoms with van der Waals surface area (Å²) in [5.41, 5.74) is 7.21. The molecule has 0 aliphatic carbocycles. The minimum absolute atomic E-state index is 0.0961. The van der Waals surface area contributed by atoms with Crippen LogP contribution in [0.15, 0.2) is 9.59 Å². The van der Waals surface area contributed by atoms with Crippen LogP contribution in [0, 0.1) is 11.5 Å². The van der Waals surface area contributed by atoms with Crippen molar-refractivity contribution in [1.82, 2.24) is 9.13 Å². The summed E-state index contributed by atoms with van der Waals surface area (Å²) in [6, 6.07) is 0. The molecule has 1 amide bonds. The summed E-state index contributed by atoms with van der Waals surface area (Å²) in [6.45, 7) is 5.98. The van der Waals surface area contributed by atoms with E-state index in [4.69, 9.17) is 5.73 Å². The highest BCUT2D eigenvalue weighted by Gasteiger charge is 2.15. The van der Waals surface area contributed by atoms with Crippen LogP contribution in [0.2, 0.25) is 19.6 Å². The highest BCUT2D eigenvalue weighted by molar-refractivity contribution is 6.84. The van der Waals surface area contributed by atoms with Gasteiger partial charge in [0.2, 0.25) is 0 Å². The van der Waals surface area contributed by atoms with Gasteiger partial charge in [-0.2, -0.15) is 0 Å². The normalized spacial score (nSPS) is 10.7. The molecule has 0 aliphatic heterocycles. The third kappa shape index (κ3) is 3.39. The Bertz CT molecular complexity index is 729. The number of anilines is 2. The topological polar surface area (TPSA) is 99.1 Å². The molecular weight excluding hydrogens is 276 g/mol. The van der Waals surface area contributed by atoms with Crippen LogP contribution >= 0.6 is 0 Å². The van der Waals surface area contributed by atoms with Crippen molar-refractivity contribution in [2.24, 2.45) is 14.1 Å². The monoisotopic (exact) mass is 294 g/mol. The second-order valence-electron chi connectivity index (χ2n) is 5.42. The van der Waals surface area contributed by atoms with Crippen molar-refractivity contribution < 1.29 is 4.79 Å². The SMILES string of the molecule is Cn1c(N)c(NC(=O)C#C[Si](C)(C)C)c(=O)n(C)c1=O. The predicted molar refractivity (Wildman–Crippen MR) is 81.1 cm³/mol. The predicted octanol–water partition coefficient (Wildman–Crippen LogP) is -0.514. The number of carbonyl (C=O) groups excluding carboxylic acids is 1. The molecular formula is C12H18N4O3Si. The molecule has 1 rings (SSSR count). The maximum atomic E-state index is 11.9. The number of nitrogens with zero attached hydrogens (tertiary/aromatic N) is 2.